The van der Waals surface area contributed by atoms with E-state index in [9.17, 15) is 0 Å². The van der Waals surface area contributed by atoms with Gasteiger partial charge in [-0.05, 0) is 11.6 Å². The van der Waals surface area contributed by atoms with Crippen LogP contribution in [0.2, 0.25) is 5.02 Å². The molecule has 3 aromatic rings. The molecule has 1 heterocycles. The van der Waals surface area contributed by atoms with Gasteiger partial charge < -0.3 is 0 Å². The summed E-state index contributed by atoms with van der Waals surface area (Å²) in [7, 11) is 1.87. The molecule has 0 spiro atoms. The predicted molar refractivity (Wildman–Crippen MR) is 99.3 cm³/mol. The van der Waals surface area contributed by atoms with Crippen LogP contribution in [0.4, 0.5) is 5.13 Å². The Hall–Kier alpha value is -1.66. The van der Waals surface area contributed by atoms with Crippen molar-refractivity contribution in [1.29, 1.82) is 0 Å². The summed E-state index contributed by atoms with van der Waals surface area (Å²) in [6.07, 6.45) is 0. The van der Waals surface area contributed by atoms with Gasteiger partial charge in [-0.25, -0.2) is 5.43 Å². The summed E-state index contributed by atoms with van der Waals surface area (Å²) in [5.41, 5.74) is 5.26. The van der Waals surface area contributed by atoms with Crippen molar-refractivity contribution in [3.05, 3.63) is 65.2 Å². The van der Waals surface area contributed by atoms with Crippen molar-refractivity contribution in [3.63, 3.8) is 0 Å². The Kier molecular flexibility index (Phi) is 6.36. The van der Waals surface area contributed by atoms with E-state index in [0.29, 0.717) is 11.6 Å². The van der Waals surface area contributed by atoms with Gasteiger partial charge in [-0.1, -0.05) is 71.5 Å². The van der Waals surface area contributed by atoms with E-state index in [1.54, 1.807) is 0 Å². The Morgan fingerprint density at radius 1 is 1.04 bits per heavy atom. The fourth-order valence-electron chi connectivity index (χ4n) is 2.08. The first kappa shape index (κ1) is 17.7. The minimum Gasteiger partial charge on any atom is -0.278 e. The number of anilines is 1. The maximum absolute atomic E-state index is 6.22. The summed E-state index contributed by atoms with van der Waals surface area (Å²) in [5.74, 6) is 0. The fraction of sp³-hybridized carbons (Fsp3) is 0.125. The van der Waals surface area contributed by atoms with Gasteiger partial charge in [-0.3, -0.25) is 5.01 Å². The third-order valence-corrected chi connectivity index (χ3v) is 4.51. The molecule has 0 saturated carbocycles. The van der Waals surface area contributed by atoms with Gasteiger partial charge in [0.1, 0.15) is 0 Å². The first-order valence-corrected chi connectivity index (χ1v) is 8.04. The van der Waals surface area contributed by atoms with Crippen molar-refractivity contribution in [1.82, 2.24) is 15.6 Å². The monoisotopic (exact) mass is 366 g/mol. The second kappa shape index (κ2) is 8.26. The smallest absolute Gasteiger partial charge is 0.223 e. The largest absolute Gasteiger partial charge is 0.278 e. The summed E-state index contributed by atoms with van der Waals surface area (Å²) in [6, 6.07) is 17.9. The number of hydrogen-bond acceptors (Lipinski definition) is 5. The Balaban J connectivity index is 0.00000192. The number of hydrogen-bond donors (Lipinski definition) is 1. The van der Waals surface area contributed by atoms with Gasteiger partial charge >= 0.3 is 0 Å². The molecule has 0 aliphatic heterocycles. The maximum atomic E-state index is 6.22. The zero-order chi connectivity index (χ0) is 15.4. The highest BCUT2D eigenvalue weighted by atomic mass is 35.5. The number of nitrogens with zero attached hydrogens (tertiary/aromatic N) is 3. The first-order valence-electron chi connectivity index (χ1n) is 6.85. The lowest BCUT2D eigenvalue weighted by Crippen LogP contribution is -2.34. The zero-order valence-electron chi connectivity index (χ0n) is 12.4. The molecule has 0 atom stereocenters. The Labute approximate surface area is 150 Å². The van der Waals surface area contributed by atoms with Gasteiger partial charge in [0.25, 0.3) is 0 Å². The minimum absolute atomic E-state index is 0. The van der Waals surface area contributed by atoms with Crippen molar-refractivity contribution in [2.45, 2.75) is 6.54 Å². The highest BCUT2D eigenvalue weighted by Gasteiger charge is 2.14. The molecule has 0 aliphatic carbocycles. The van der Waals surface area contributed by atoms with Crippen molar-refractivity contribution in [2.24, 2.45) is 0 Å². The molecule has 7 heteroatoms. The first-order chi connectivity index (χ1) is 10.8. The Bertz CT molecular complexity index is 749. The molecule has 0 fully saturated rings. The number of benzene rings is 2. The summed E-state index contributed by atoms with van der Waals surface area (Å²) in [4.78, 5) is 0. The molecule has 0 aliphatic rings. The predicted octanol–water partition coefficient (Wildman–Crippen LogP) is 4.42. The SMILES string of the molecule is CNN(Cc1ccccc1)c1nnc(-c2ccccc2Cl)s1.Cl. The Morgan fingerprint density at radius 2 is 1.74 bits per heavy atom. The van der Waals surface area contributed by atoms with Crippen LogP contribution in [0, 0.1) is 0 Å². The number of aromatic nitrogens is 2. The van der Waals surface area contributed by atoms with Gasteiger partial charge in [0.15, 0.2) is 5.01 Å². The number of nitrogens with one attached hydrogen (secondary N) is 1. The van der Waals surface area contributed by atoms with E-state index >= 15 is 0 Å². The summed E-state index contributed by atoms with van der Waals surface area (Å²) < 4.78 is 0. The quantitative estimate of drug-likeness (QED) is 0.678. The van der Waals surface area contributed by atoms with Crippen molar-refractivity contribution < 1.29 is 0 Å². The van der Waals surface area contributed by atoms with E-state index in [-0.39, 0.29) is 12.4 Å². The second-order valence-corrected chi connectivity index (χ2v) is 6.03. The Morgan fingerprint density at radius 3 is 2.43 bits per heavy atom. The molecule has 1 aromatic heterocycles. The van der Waals surface area contributed by atoms with Crippen LogP contribution < -0.4 is 10.4 Å². The van der Waals surface area contributed by atoms with Crippen LogP contribution in [-0.2, 0) is 6.54 Å². The highest BCUT2D eigenvalue weighted by molar-refractivity contribution is 7.18. The highest BCUT2D eigenvalue weighted by Crippen LogP contribution is 2.32. The summed E-state index contributed by atoms with van der Waals surface area (Å²) in [6.45, 7) is 0.717. The lowest BCUT2D eigenvalue weighted by Gasteiger charge is -2.19. The van der Waals surface area contributed by atoms with Crippen LogP contribution in [0.5, 0.6) is 0 Å². The van der Waals surface area contributed by atoms with Gasteiger partial charge in [-0.2, -0.15) is 0 Å². The average molecular weight is 367 g/mol. The van der Waals surface area contributed by atoms with E-state index < -0.39 is 0 Å². The molecular formula is C16H16Cl2N4S. The van der Waals surface area contributed by atoms with Crippen LogP contribution in [0.1, 0.15) is 5.56 Å². The fourth-order valence-corrected chi connectivity index (χ4v) is 3.25. The van der Waals surface area contributed by atoms with Crippen LogP contribution in [-0.4, -0.2) is 17.2 Å². The van der Waals surface area contributed by atoms with E-state index in [1.165, 1.54) is 16.9 Å². The standard InChI is InChI=1S/C16H15ClN4S.ClH/c1-18-21(11-12-7-3-2-4-8-12)16-20-19-15(22-16)13-9-5-6-10-14(13)17;/h2-10,18H,11H2,1H3;1H. The van der Waals surface area contributed by atoms with Crippen molar-refractivity contribution in [3.8, 4) is 10.6 Å². The molecule has 2 aromatic carbocycles. The van der Waals surface area contributed by atoms with Gasteiger partial charge in [-0.15, -0.1) is 22.6 Å². The van der Waals surface area contributed by atoms with E-state index in [1.807, 2.05) is 54.5 Å². The van der Waals surface area contributed by atoms with Gasteiger partial charge in [0.05, 0.1) is 11.6 Å². The average Bonchev–Trinajstić information content (AvgIpc) is 3.03. The molecule has 1 N–H and O–H groups in total. The molecule has 0 amide bonds. The van der Waals surface area contributed by atoms with Crippen LogP contribution >= 0.6 is 35.3 Å². The lowest BCUT2D eigenvalue weighted by molar-refractivity contribution is 0.693. The molecule has 23 heavy (non-hydrogen) atoms. The number of rotatable bonds is 5. The molecule has 0 unspecified atom stereocenters. The van der Waals surface area contributed by atoms with Crippen LogP contribution in [0.3, 0.4) is 0 Å². The molecule has 0 bridgehead atoms. The lowest BCUT2D eigenvalue weighted by atomic mass is 10.2. The number of halogens is 2. The molecular weight excluding hydrogens is 351 g/mol. The summed E-state index contributed by atoms with van der Waals surface area (Å²) >= 11 is 7.73. The number of hydrazine groups is 1. The topological polar surface area (TPSA) is 41.0 Å². The molecule has 3 rings (SSSR count). The third kappa shape index (κ3) is 4.20. The maximum Gasteiger partial charge on any atom is 0.223 e. The van der Waals surface area contributed by atoms with E-state index in [2.05, 4.69) is 27.8 Å². The van der Waals surface area contributed by atoms with Gasteiger partial charge in [0.2, 0.25) is 5.13 Å². The molecule has 0 saturated heterocycles. The van der Waals surface area contributed by atoms with E-state index in [0.717, 1.165) is 15.7 Å². The van der Waals surface area contributed by atoms with Crippen LogP contribution in [0.15, 0.2) is 54.6 Å². The normalized spacial score (nSPS) is 10.2. The molecule has 0 radical (unpaired) electrons. The second-order valence-electron chi connectivity index (χ2n) is 4.66. The van der Waals surface area contributed by atoms with Gasteiger partial charge in [0, 0.05) is 12.6 Å². The van der Waals surface area contributed by atoms with Crippen molar-refractivity contribution in [2.75, 3.05) is 12.1 Å². The summed E-state index contributed by atoms with van der Waals surface area (Å²) in [5, 5.41) is 12.8. The molecule has 120 valence electrons. The van der Waals surface area contributed by atoms with Crippen molar-refractivity contribution >= 4 is 40.5 Å². The zero-order valence-corrected chi connectivity index (χ0v) is 14.8. The molecule has 4 nitrogen and oxygen atoms in total. The van der Waals surface area contributed by atoms with E-state index in [4.69, 9.17) is 11.6 Å². The third-order valence-electron chi connectivity index (χ3n) is 3.20. The minimum atomic E-state index is 0. The van der Waals surface area contributed by atoms with Crippen LogP contribution in [0.25, 0.3) is 10.6 Å².